The van der Waals surface area contributed by atoms with Gasteiger partial charge in [0.25, 0.3) is 0 Å². The zero-order chi connectivity index (χ0) is 63.9. The first kappa shape index (κ1) is 73.7. The molecule has 32 heteroatoms. The monoisotopic (exact) mass is 1240 g/mol. The molecule has 0 aromatic heterocycles. The number of aromatic hydroxyl groups is 1. The normalized spacial score (nSPS) is 15.7. The highest BCUT2D eigenvalue weighted by molar-refractivity contribution is 7.80. The van der Waals surface area contributed by atoms with E-state index in [1.54, 1.807) is 13.8 Å². The lowest BCUT2D eigenvalue weighted by atomic mass is 10.0. The third-order valence-electron chi connectivity index (χ3n) is 13.0. The lowest BCUT2D eigenvalue weighted by Gasteiger charge is -2.30. The van der Waals surface area contributed by atoms with Crippen LogP contribution in [-0.2, 0) is 64.0 Å². The van der Waals surface area contributed by atoms with Gasteiger partial charge in [-0.25, -0.2) is 4.79 Å². The molecule has 1 aromatic rings. The molecule has 9 atom stereocenters. The summed E-state index contributed by atoms with van der Waals surface area (Å²) in [5, 5.41) is 44.4. The number of carbonyl (C=O) groups is 12. The summed E-state index contributed by atoms with van der Waals surface area (Å²) < 4.78 is 0. The van der Waals surface area contributed by atoms with Crippen LogP contribution in [0.25, 0.3) is 0 Å². The summed E-state index contributed by atoms with van der Waals surface area (Å²) in [4.78, 5) is 164. The van der Waals surface area contributed by atoms with Gasteiger partial charge < -0.3 is 91.2 Å². The molecule has 1 aliphatic heterocycles. The summed E-state index contributed by atoms with van der Waals surface area (Å²) in [6, 6.07) is -5.15. The fraction of sp³-hybridized carbons (Fsp3) is 0.642. The number of likely N-dealkylation sites (tertiary alicyclic amines) is 1. The van der Waals surface area contributed by atoms with Crippen LogP contribution in [0.3, 0.4) is 0 Å². The van der Waals surface area contributed by atoms with E-state index in [0.29, 0.717) is 31.4 Å². The quantitative estimate of drug-likeness (QED) is 0.0128. The van der Waals surface area contributed by atoms with Gasteiger partial charge in [-0.05, 0) is 101 Å². The van der Waals surface area contributed by atoms with Crippen LogP contribution in [0.5, 0.6) is 5.75 Å². The SMILES string of the molecule is CC(C)C[C@H](NC(=O)[C@H](C)N)C(=O)N[C@@H](CS)C(=O)NCC(=O)N[C@@H](CCCN=C(N)N)C(=O)N1CCC[C@H]1C(=O)N[C@@H](CS)C(=O)N[C@@H](CC(C)C)C(=O)N[C@@H](Cc1ccc(O)cc1)C(=O)NCC(=O)NCC(=O)N[C@@H](CCCCN)C(=O)O. The highest BCUT2D eigenvalue weighted by Crippen LogP contribution is 2.21. The number of aliphatic imine (C=N–C) groups is 1. The third kappa shape index (κ3) is 27.9. The van der Waals surface area contributed by atoms with E-state index in [9.17, 15) is 67.7 Å². The molecule has 1 aromatic carbocycles. The highest BCUT2D eigenvalue weighted by atomic mass is 32.1. The van der Waals surface area contributed by atoms with Crippen LogP contribution in [0.2, 0.25) is 0 Å². The van der Waals surface area contributed by atoms with Crippen LogP contribution in [-0.4, -0.2) is 197 Å². The number of nitrogens with two attached hydrogens (primary N) is 4. The fourth-order valence-corrected chi connectivity index (χ4v) is 9.10. The maximum absolute atomic E-state index is 14.3. The van der Waals surface area contributed by atoms with Crippen molar-refractivity contribution in [3.63, 3.8) is 0 Å². The van der Waals surface area contributed by atoms with E-state index >= 15 is 0 Å². The summed E-state index contributed by atoms with van der Waals surface area (Å²) in [6.45, 7) is 7.20. The van der Waals surface area contributed by atoms with Crippen molar-refractivity contribution in [2.75, 3.05) is 50.8 Å². The molecule has 85 heavy (non-hydrogen) atoms. The molecule has 0 unspecified atom stereocenters. The average molecular weight is 1240 g/mol. The van der Waals surface area contributed by atoms with Gasteiger partial charge in [-0.2, -0.15) is 25.3 Å². The van der Waals surface area contributed by atoms with Gasteiger partial charge in [-0.15, -0.1) is 0 Å². The number of unbranched alkanes of at least 4 members (excludes halogenated alkanes) is 1. The number of rotatable bonds is 38. The minimum absolute atomic E-state index is 0.0254. The number of carboxylic acid groups (broad SMARTS) is 1. The molecule has 0 bridgehead atoms. The Balaban J connectivity index is 2.23. The number of aliphatic carboxylic acids is 1. The number of hydrogen-bond donors (Lipinski definition) is 18. The molecule has 30 nitrogen and oxygen atoms in total. The molecule has 20 N–H and O–H groups in total. The van der Waals surface area contributed by atoms with Crippen LogP contribution in [0, 0.1) is 11.8 Å². The molecule has 0 radical (unpaired) electrons. The van der Waals surface area contributed by atoms with Crippen molar-refractivity contribution >= 4 is 102 Å². The summed E-state index contributed by atoms with van der Waals surface area (Å²) in [5.74, 6) is -10.7. The van der Waals surface area contributed by atoms with Gasteiger partial charge in [0.15, 0.2) is 5.96 Å². The van der Waals surface area contributed by atoms with Gasteiger partial charge in [0.2, 0.25) is 65.0 Å². The Hall–Kier alpha value is -7.45. The summed E-state index contributed by atoms with van der Waals surface area (Å²) in [7, 11) is 0. The number of carbonyl (C=O) groups excluding carboxylic acids is 11. The molecular formula is C53H88N16O14S2. The van der Waals surface area contributed by atoms with Gasteiger partial charge in [-0.3, -0.25) is 57.7 Å². The topological polar surface area (TPSA) is 485 Å². The standard InChI is InChI=1S/C53H88N16O14S2/c1-28(2)20-35(64-44(74)30(5)55)48(78)67-38(26-84)46(76)61-25-43(73)62-33(11-8-18-58-53(56)57)51(81)69-19-9-12-40(69)50(80)68-39(27-85)49(79)65-36(21-29(3)4)47(77)66-37(22-31-13-15-32(70)16-14-31)45(75)60-23-41(71)59-24-42(72)63-34(52(82)83)10-6-7-17-54/h13-16,28-30,33-40,70,84-85H,6-12,17-27,54-55H2,1-5H3,(H,59,71)(H,60,75)(H,61,76)(H,62,73)(H,63,72)(H,64,74)(H,65,79)(H,66,77)(H,67,78)(H,68,80)(H,82,83)(H4,56,57,58)/t30-,33-,34-,35-,36-,37-,38-,39-,40-/m0/s1. The van der Waals surface area contributed by atoms with Crippen molar-refractivity contribution in [1.82, 2.24) is 58.1 Å². The van der Waals surface area contributed by atoms with Crippen LogP contribution < -0.4 is 76.1 Å². The van der Waals surface area contributed by atoms with Crippen molar-refractivity contribution in [3.8, 4) is 5.75 Å². The van der Waals surface area contributed by atoms with Gasteiger partial charge in [0.05, 0.1) is 25.7 Å². The number of thiol groups is 2. The Kier molecular flexibility index (Phi) is 33.3. The minimum atomic E-state index is -1.38. The summed E-state index contributed by atoms with van der Waals surface area (Å²) >= 11 is 8.50. The molecule has 1 saturated heterocycles. The van der Waals surface area contributed by atoms with Crippen molar-refractivity contribution in [3.05, 3.63) is 29.8 Å². The molecule has 476 valence electrons. The fourth-order valence-electron chi connectivity index (χ4n) is 8.59. The van der Waals surface area contributed by atoms with Crippen LogP contribution >= 0.6 is 25.3 Å². The van der Waals surface area contributed by atoms with E-state index in [1.165, 1.54) is 36.1 Å². The molecular weight excluding hydrogens is 1150 g/mol. The van der Waals surface area contributed by atoms with Gasteiger partial charge in [0, 0.05) is 31.0 Å². The molecule has 0 saturated carbocycles. The van der Waals surface area contributed by atoms with E-state index in [1.807, 2.05) is 13.8 Å². The zero-order valence-electron chi connectivity index (χ0n) is 48.8. The van der Waals surface area contributed by atoms with E-state index in [4.69, 9.17) is 22.9 Å². The molecule has 0 spiro atoms. The van der Waals surface area contributed by atoms with Gasteiger partial charge in [0.1, 0.15) is 54.1 Å². The molecule has 1 fully saturated rings. The third-order valence-corrected chi connectivity index (χ3v) is 13.8. The second-order valence-electron chi connectivity index (χ2n) is 21.3. The number of amides is 11. The van der Waals surface area contributed by atoms with Crippen molar-refractivity contribution in [2.45, 2.75) is 153 Å². The summed E-state index contributed by atoms with van der Waals surface area (Å²) in [5.41, 5.74) is 22.6. The lowest BCUT2D eigenvalue weighted by Crippen LogP contribution is -2.60. The largest absolute Gasteiger partial charge is 0.508 e. The molecule has 2 rings (SSSR count). The Morgan fingerprint density at radius 2 is 1.08 bits per heavy atom. The van der Waals surface area contributed by atoms with Gasteiger partial charge >= 0.3 is 5.97 Å². The Bertz CT molecular complexity index is 2470. The highest BCUT2D eigenvalue weighted by Gasteiger charge is 2.40. The molecule has 1 aliphatic rings. The number of phenols is 1. The smallest absolute Gasteiger partial charge is 0.326 e. The number of phenolic OH excluding ortho intramolecular Hbond substituents is 1. The van der Waals surface area contributed by atoms with Crippen LogP contribution in [0.4, 0.5) is 0 Å². The maximum Gasteiger partial charge on any atom is 0.326 e. The number of carboxylic acids is 1. The number of benzene rings is 1. The average Bonchev–Trinajstić information content (AvgIpc) is 3.43. The Morgan fingerprint density at radius 3 is 1.61 bits per heavy atom. The predicted octanol–water partition coefficient (Wildman–Crippen LogP) is -4.77. The minimum Gasteiger partial charge on any atom is -0.508 e. The van der Waals surface area contributed by atoms with E-state index in [2.05, 4.69) is 83.4 Å². The predicted molar refractivity (Wildman–Crippen MR) is 320 cm³/mol. The first-order valence-electron chi connectivity index (χ1n) is 28.1. The van der Waals surface area contributed by atoms with Crippen LogP contribution in [0.15, 0.2) is 29.3 Å². The summed E-state index contributed by atoms with van der Waals surface area (Å²) in [6.07, 6.45) is 1.85. The Labute approximate surface area is 505 Å². The van der Waals surface area contributed by atoms with Gasteiger partial charge in [-0.1, -0.05) is 39.8 Å². The van der Waals surface area contributed by atoms with Crippen molar-refractivity contribution in [2.24, 2.45) is 39.8 Å². The maximum atomic E-state index is 14.3. The number of hydrogen-bond acceptors (Lipinski definition) is 18. The molecule has 0 aliphatic carbocycles. The number of nitrogens with zero attached hydrogens (tertiary/aromatic N) is 2. The molecule has 1 heterocycles. The number of nitrogens with one attached hydrogen (secondary N) is 10. The van der Waals surface area contributed by atoms with E-state index in [0.717, 1.165) is 0 Å². The second kappa shape index (κ2) is 38.5. The number of guanidine groups is 1. The first-order chi connectivity index (χ1) is 40.1. The zero-order valence-corrected chi connectivity index (χ0v) is 50.6. The van der Waals surface area contributed by atoms with Crippen molar-refractivity contribution in [1.29, 1.82) is 0 Å². The van der Waals surface area contributed by atoms with Crippen molar-refractivity contribution < 1.29 is 67.7 Å². The second-order valence-corrected chi connectivity index (χ2v) is 22.0. The lowest BCUT2D eigenvalue weighted by molar-refractivity contribution is -0.142. The first-order valence-corrected chi connectivity index (χ1v) is 29.3. The van der Waals surface area contributed by atoms with E-state index < -0.39 is 145 Å². The molecule has 11 amide bonds. The van der Waals surface area contributed by atoms with E-state index in [-0.39, 0.29) is 93.1 Å². The van der Waals surface area contributed by atoms with Crippen LogP contribution in [0.1, 0.15) is 98.0 Å². The Morgan fingerprint density at radius 1 is 0.600 bits per heavy atom.